The van der Waals surface area contributed by atoms with Crippen molar-refractivity contribution in [1.29, 1.82) is 0 Å². The van der Waals surface area contributed by atoms with E-state index >= 15 is 0 Å². The van der Waals surface area contributed by atoms with Crippen molar-refractivity contribution >= 4 is 29.9 Å². The molecular formula is C19H26IN3O3. The molecule has 2 aromatic rings. The molecule has 0 saturated heterocycles. The summed E-state index contributed by atoms with van der Waals surface area (Å²) in [6.45, 7) is 3.04. The quantitative estimate of drug-likeness (QED) is 0.369. The lowest BCUT2D eigenvalue weighted by atomic mass is 10.1. The van der Waals surface area contributed by atoms with Crippen molar-refractivity contribution in [3.63, 3.8) is 0 Å². The SMILES string of the molecule is COc1cc(CNC(N)=NCc2ccc(OC)c(OC)c2)ccc1C.I. The van der Waals surface area contributed by atoms with Gasteiger partial charge in [-0.25, -0.2) is 4.99 Å². The molecule has 0 heterocycles. The van der Waals surface area contributed by atoms with Gasteiger partial charge in [0.1, 0.15) is 5.75 Å². The third-order valence-corrected chi connectivity index (χ3v) is 3.83. The van der Waals surface area contributed by atoms with Gasteiger partial charge in [-0.2, -0.15) is 0 Å². The van der Waals surface area contributed by atoms with E-state index in [2.05, 4.69) is 10.3 Å². The lowest BCUT2D eigenvalue weighted by molar-refractivity contribution is 0.354. The van der Waals surface area contributed by atoms with Gasteiger partial charge in [-0.1, -0.05) is 18.2 Å². The van der Waals surface area contributed by atoms with Gasteiger partial charge in [-0.15, -0.1) is 24.0 Å². The Bertz CT molecular complexity index is 751. The van der Waals surface area contributed by atoms with E-state index in [1.807, 2.05) is 43.3 Å². The molecule has 0 amide bonds. The minimum Gasteiger partial charge on any atom is -0.496 e. The molecule has 2 aromatic carbocycles. The Balaban J connectivity index is 0.00000338. The number of methoxy groups -OCH3 is 3. The second kappa shape index (κ2) is 10.7. The number of nitrogens with zero attached hydrogens (tertiary/aromatic N) is 1. The molecule has 0 spiro atoms. The van der Waals surface area contributed by atoms with Crippen molar-refractivity contribution in [2.75, 3.05) is 21.3 Å². The summed E-state index contributed by atoms with van der Waals surface area (Å²) in [4.78, 5) is 4.36. The van der Waals surface area contributed by atoms with Gasteiger partial charge in [0.05, 0.1) is 27.9 Å². The third kappa shape index (κ3) is 5.98. The maximum absolute atomic E-state index is 5.95. The number of nitrogens with one attached hydrogen (secondary N) is 1. The lowest BCUT2D eigenvalue weighted by Gasteiger charge is -2.10. The van der Waals surface area contributed by atoms with Crippen LogP contribution in [0, 0.1) is 6.92 Å². The van der Waals surface area contributed by atoms with E-state index in [1.54, 1.807) is 21.3 Å². The molecule has 0 bridgehead atoms. The van der Waals surface area contributed by atoms with Crippen LogP contribution in [0.4, 0.5) is 0 Å². The number of rotatable bonds is 7. The smallest absolute Gasteiger partial charge is 0.189 e. The number of halogens is 1. The second-order valence-corrected chi connectivity index (χ2v) is 5.55. The molecule has 2 rings (SSSR count). The first-order valence-electron chi connectivity index (χ1n) is 7.95. The molecule has 7 heteroatoms. The summed E-state index contributed by atoms with van der Waals surface area (Å²) in [6, 6.07) is 11.7. The summed E-state index contributed by atoms with van der Waals surface area (Å²) in [5.74, 6) is 2.61. The molecule has 0 aliphatic carbocycles. The van der Waals surface area contributed by atoms with E-state index in [9.17, 15) is 0 Å². The highest BCUT2D eigenvalue weighted by atomic mass is 127. The van der Waals surface area contributed by atoms with E-state index in [1.165, 1.54) is 0 Å². The number of hydrogen-bond donors (Lipinski definition) is 2. The first-order valence-corrected chi connectivity index (χ1v) is 7.95. The monoisotopic (exact) mass is 471 g/mol. The molecule has 0 aromatic heterocycles. The molecule has 0 saturated carbocycles. The summed E-state index contributed by atoms with van der Waals surface area (Å²) >= 11 is 0. The maximum atomic E-state index is 5.95. The predicted octanol–water partition coefficient (Wildman–Crippen LogP) is 3.24. The first-order chi connectivity index (χ1) is 12.1. The van der Waals surface area contributed by atoms with E-state index in [4.69, 9.17) is 19.9 Å². The van der Waals surface area contributed by atoms with Gasteiger partial charge in [-0.3, -0.25) is 0 Å². The first kappa shape index (κ1) is 21.9. The Hall–Kier alpha value is -2.16. The fourth-order valence-corrected chi connectivity index (χ4v) is 2.38. The van der Waals surface area contributed by atoms with Gasteiger partial charge < -0.3 is 25.3 Å². The summed E-state index contributed by atoms with van der Waals surface area (Å²) in [7, 11) is 4.88. The Morgan fingerprint density at radius 3 is 2.19 bits per heavy atom. The van der Waals surface area contributed by atoms with Crippen LogP contribution in [0.5, 0.6) is 17.2 Å². The molecule has 0 fully saturated rings. The summed E-state index contributed by atoms with van der Waals surface area (Å²) in [6.07, 6.45) is 0. The van der Waals surface area contributed by atoms with Crippen LogP contribution < -0.4 is 25.3 Å². The zero-order valence-electron chi connectivity index (χ0n) is 15.5. The molecule has 0 aliphatic heterocycles. The fraction of sp³-hybridized carbons (Fsp3) is 0.316. The van der Waals surface area contributed by atoms with Crippen molar-refractivity contribution in [2.24, 2.45) is 10.7 Å². The minimum absolute atomic E-state index is 0. The highest BCUT2D eigenvalue weighted by molar-refractivity contribution is 14.0. The Labute approximate surface area is 171 Å². The highest BCUT2D eigenvalue weighted by Crippen LogP contribution is 2.27. The van der Waals surface area contributed by atoms with E-state index in [-0.39, 0.29) is 24.0 Å². The Morgan fingerprint density at radius 1 is 0.923 bits per heavy atom. The average molecular weight is 471 g/mol. The van der Waals surface area contributed by atoms with Crippen molar-refractivity contribution in [1.82, 2.24) is 5.32 Å². The van der Waals surface area contributed by atoms with E-state index in [0.29, 0.717) is 30.5 Å². The summed E-state index contributed by atoms with van der Waals surface area (Å²) in [5, 5.41) is 3.11. The molecular weight excluding hydrogens is 445 g/mol. The molecule has 26 heavy (non-hydrogen) atoms. The number of hydrogen-bond acceptors (Lipinski definition) is 4. The molecule has 6 nitrogen and oxygen atoms in total. The van der Waals surface area contributed by atoms with Crippen molar-refractivity contribution in [3.05, 3.63) is 53.1 Å². The Morgan fingerprint density at radius 2 is 1.54 bits per heavy atom. The van der Waals surface area contributed by atoms with Crippen LogP contribution in [0.15, 0.2) is 41.4 Å². The van der Waals surface area contributed by atoms with Crippen molar-refractivity contribution in [2.45, 2.75) is 20.0 Å². The molecule has 0 radical (unpaired) electrons. The number of nitrogens with two attached hydrogens (primary N) is 1. The van der Waals surface area contributed by atoms with Crippen LogP contribution in [-0.4, -0.2) is 27.3 Å². The summed E-state index contributed by atoms with van der Waals surface area (Å²) in [5.41, 5.74) is 9.11. The molecule has 0 atom stereocenters. The van der Waals surface area contributed by atoms with Gasteiger partial charge in [0.2, 0.25) is 0 Å². The van der Waals surface area contributed by atoms with Crippen LogP contribution in [-0.2, 0) is 13.1 Å². The average Bonchev–Trinajstić information content (AvgIpc) is 2.65. The normalized spacial score (nSPS) is 10.7. The second-order valence-electron chi connectivity index (χ2n) is 5.55. The zero-order chi connectivity index (χ0) is 18.2. The molecule has 0 unspecified atom stereocenters. The van der Waals surface area contributed by atoms with Crippen LogP contribution in [0.1, 0.15) is 16.7 Å². The van der Waals surface area contributed by atoms with Crippen LogP contribution >= 0.6 is 24.0 Å². The van der Waals surface area contributed by atoms with Crippen LogP contribution in [0.2, 0.25) is 0 Å². The number of benzene rings is 2. The molecule has 3 N–H and O–H groups in total. The Kier molecular flexibility index (Phi) is 9.04. The zero-order valence-corrected chi connectivity index (χ0v) is 17.9. The minimum atomic E-state index is 0. The van der Waals surface area contributed by atoms with Gasteiger partial charge in [0.25, 0.3) is 0 Å². The fourth-order valence-electron chi connectivity index (χ4n) is 2.38. The molecule has 142 valence electrons. The maximum Gasteiger partial charge on any atom is 0.189 e. The largest absolute Gasteiger partial charge is 0.496 e. The molecule has 0 aliphatic rings. The van der Waals surface area contributed by atoms with Gasteiger partial charge in [0, 0.05) is 6.54 Å². The van der Waals surface area contributed by atoms with E-state index < -0.39 is 0 Å². The van der Waals surface area contributed by atoms with Crippen molar-refractivity contribution in [3.8, 4) is 17.2 Å². The van der Waals surface area contributed by atoms with Crippen LogP contribution in [0.25, 0.3) is 0 Å². The third-order valence-electron chi connectivity index (χ3n) is 3.83. The van der Waals surface area contributed by atoms with Crippen molar-refractivity contribution < 1.29 is 14.2 Å². The number of ether oxygens (including phenoxy) is 3. The summed E-state index contributed by atoms with van der Waals surface area (Å²) < 4.78 is 15.8. The van der Waals surface area contributed by atoms with Gasteiger partial charge >= 0.3 is 0 Å². The van der Waals surface area contributed by atoms with Gasteiger partial charge in [-0.05, 0) is 41.8 Å². The number of aryl methyl sites for hydroxylation is 1. The number of guanidine groups is 1. The lowest BCUT2D eigenvalue weighted by Crippen LogP contribution is -2.31. The topological polar surface area (TPSA) is 78.1 Å². The predicted molar refractivity (Wildman–Crippen MR) is 115 cm³/mol. The number of aliphatic imine (C=N–C) groups is 1. The van der Waals surface area contributed by atoms with Crippen LogP contribution in [0.3, 0.4) is 0 Å². The standard InChI is InChI=1S/C19H25N3O3.HI/c1-13-5-6-14(9-17(13)24-3)11-21-19(20)22-12-15-7-8-16(23-2)18(10-15)25-4;/h5-10H,11-12H2,1-4H3,(H3,20,21,22);1H. The highest BCUT2D eigenvalue weighted by Gasteiger charge is 2.04. The van der Waals surface area contributed by atoms with E-state index in [0.717, 1.165) is 22.4 Å². The van der Waals surface area contributed by atoms with Gasteiger partial charge in [0.15, 0.2) is 17.5 Å².